The molecule has 4 aliphatic rings. The maximum Gasteiger partial charge on any atom is 0.417 e. The lowest BCUT2D eigenvalue weighted by Crippen LogP contribution is -2.58. The molecule has 306 valence electrons. The number of amides is 4. The number of piperazine rings is 1. The zero-order valence-corrected chi connectivity index (χ0v) is 32.7. The van der Waals surface area contributed by atoms with Crippen LogP contribution in [-0.2, 0) is 30.1 Å². The van der Waals surface area contributed by atoms with Gasteiger partial charge >= 0.3 is 6.18 Å². The van der Waals surface area contributed by atoms with Crippen LogP contribution in [0.2, 0.25) is 0 Å². The number of anilines is 3. The molecule has 13 nitrogen and oxygen atoms in total. The fourth-order valence-corrected chi connectivity index (χ4v) is 8.71. The molecule has 0 bridgehead atoms. The van der Waals surface area contributed by atoms with E-state index in [0.717, 1.165) is 17.0 Å². The molecule has 1 saturated carbocycles. The maximum atomic E-state index is 15.5. The number of carbonyl (C=O) groups excluding carboxylic acids is 4. The number of hydrogen-bond donors (Lipinski definition) is 3. The topological polar surface area (TPSA) is 150 Å². The number of benzene rings is 2. The minimum atomic E-state index is -4.78. The Morgan fingerprint density at radius 1 is 1.05 bits per heavy atom. The van der Waals surface area contributed by atoms with Gasteiger partial charge in [0.25, 0.3) is 5.91 Å². The van der Waals surface area contributed by atoms with Gasteiger partial charge in [-0.15, -0.1) is 0 Å². The van der Waals surface area contributed by atoms with Gasteiger partial charge in [-0.25, -0.2) is 4.39 Å². The highest BCUT2D eigenvalue weighted by atomic mass is 32.1. The molecule has 2 aromatic carbocycles. The van der Waals surface area contributed by atoms with Crippen LogP contribution in [0.25, 0.3) is 0 Å². The molecule has 3 saturated heterocycles. The third-order valence-corrected chi connectivity index (χ3v) is 11.5. The predicted octanol–water partition coefficient (Wildman–Crippen LogP) is 4.77. The van der Waals surface area contributed by atoms with Crippen molar-refractivity contribution in [3.63, 3.8) is 0 Å². The molecule has 0 aromatic heterocycles. The van der Waals surface area contributed by atoms with Crippen molar-refractivity contribution in [3.8, 4) is 6.07 Å². The summed E-state index contributed by atoms with van der Waals surface area (Å²) in [5, 5.41) is 17.5. The van der Waals surface area contributed by atoms with Gasteiger partial charge in [-0.05, 0) is 101 Å². The monoisotopic (exact) mass is 814 g/mol. The van der Waals surface area contributed by atoms with E-state index in [1.54, 1.807) is 44.2 Å². The molecule has 1 aliphatic carbocycles. The summed E-state index contributed by atoms with van der Waals surface area (Å²) in [4.78, 5) is 56.6. The van der Waals surface area contributed by atoms with Crippen molar-refractivity contribution >= 4 is 58.0 Å². The Morgan fingerprint density at radius 2 is 1.77 bits per heavy atom. The largest absolute Gasteiger partial charge is 0.417 e. The minimum absolute atomic E-state index is 0.0401. The smallest absolute Gasteiger partial charge is 0.377 e. The number of halogens is 4. The molecule has 2 aromatic rings. The van der Waals surface area contributed by atoms with Crippen molar-refractivity contribution < 1.29 is 41.5 Å². The van der Waals surface area contributed by atoms with Crippen LogP contribution in [0.4, 0.5) is 34.6 Å². The summed E-state index contributed by atoms with van der Waals surface area (Å²) in [7, 11) is 0. The number of nitrogens with one attached hydrogen (secondary N) is 3. The second-order valence-corrected chi connectivity index (χ2v) is 15.9. The molecule has 57 heavy (non-hydrogen) atoms. The summed E-state index contributed by atoms with van der Waals surface area (Å²) >= 11 is 5.71. The van der Waals surface area contributed by atoms with E-state index in [2.05, 4.69) is 16.0 Å². The number of ether oxygens (including phenoxy) is 1. The van der Waals surface area contributed by atoms with Gasteiger partial charge in [-0.3, -0.25) is 39.2 Å². The van der Waals surface area contributed by atoms with E-state index < -0.39 is 47.0 Å². The quantitative estimate of drug-likeness (QED) is 0.125. The summed E-state index contributed by atoms with van der Waals surface area (Å²) in [6, 6.07) is 10.6. The van der Waals surface area contributed by atoms with Crippen molar-refractivity contribution in [1.29, 1.82) is 5.26 Å². The van der Waals surface area contributed by atoms with Crippen LogP contribution >= 0.6 is 12.2 Å². The Bertz CT molecular complexity index is 1920. The number of carbonyl (C=O) groups is 4. The van der Waals surface area contributed by atoms with Crippen LogP contribution in [0.1, 0.15) is 70.4 Å². The van der Waals surface area contributed by atoms with Crippen molar-refractivity contribution in [2.75, 3.05) is 48.3 Å². The lowest BCUT2D eigenvalue weighted by Gasteiger charge is -2.42. The second kappa shape index (κ2) is 17.0. The van der Waals surface area contributed by atoms with Crippen molar-refractivity contribution in [3.05, 3.63) is 53.6 Å². The number of imide groups is 1. The Kier molecular flexibility index (Phi) is 12.5. The van der Waals surface area contributed by atoms with Gasteiger partial charge in [0.1, 0.15) is 11.6 Å². The predicted molar refractivity (Wildman–Crippen MR) is 207 cm³/mol. The van der Waals surface area contributed by atoms with Gasteiger partial charge in [0, 0.05) is 49.5 Å². The zero-order valence-electron chi connectivity index (χ0n) is 31.9. The number of thiocarbonyl (C=S) groups is 1. The summed E-state index contributed by atoms with van der Waals surface area (Å²) in [6.45, 7) is 6.63. The molecule has 3 N–H and O–H groups in total. The summed E-state index contributed by atoms with van der Waals surface area (Å²) in [5.74, 6) is -1.54. The number of alkyl halides is 4. The molecule has 3 aliphatic heterocycles. The van der Waals surface area contributed by atoms with Gasteiger partial charge in [0.15, 0.2) is 11.4 Å². The Balaban J connectivity index is 0.943. The molecule has 1 unspecified atom stereocenters. The number of hydrogen-bond acceptors (Lipinski definition) is 10. The number of rotatable bonds is 11. The SMILES string of the molecule is C[C@H]1CN(CCO[C@H]2CC[C@H](N3C(=S)N(c4ccc(C#N)c(C(F)(F)F)c4)C(=O)C3(C)C)CC2)C[C@@H](F)N1CC(=O)Nc1cccc(NC2CCC(=O)NC2=O)c1. The summed E-state index contributed by atoms with van der Waals surface area (Å²) in [5.41, 5.74) is -1.73. The zero-order chi connectivity index (χ0) is 41.2. The Morgan fingerprint density at radius 3 is 2.44 bits per heavy atom. The first kappa shape index (κ1) is 41.9. The van der Waals surface area contributed by atoms with Crippen LogP contribution in [0.15, 0.2) is 42.5 Å². The molecule has 3 atom stereocenters. The van der Waals surface area contributed by atoms with E-state index in [0.29, 0.717) is 63.2 Å². The molecule has 0 spiro atoms. The van der Waals surface area contributed by atoms with E-state index in [1.165, 1.54) is 11.0 Å². The summed E-state index contributed by atoms with van der Waals surface area (Å²) < 4.78 is 62.8. The number of piperidine rings is 1. The Hall–Kier alpha value is -4.70. The lowest BCUT2D eigenvalue weighted by atomic mass is 9.89. The molecule has 18 heteroatoms. The van der Waals surface area contributed by atoms with Gasteiger partial charge in [0.2, 0.25) is 17.7 Å². The van der Waals surface area contributed by atoms with E-state index in [9.17, 15) is 37.6 Å². The first-order valence-electron chi connectivity index (χ1n) is 19.0. The normalized spacial score (nSPS) is 26.0. The fraction of sp³-hybridized carbons (Fsp3) is 0.538. The summed E-state index contributed by atoms with van der Waals surface area (Å²) in [6.07, 6.45) is -3.01. The highest BCUT2D eigenvalue weighted by Crippen LogP contribution is 2.40. The van der Waals surface area contributed by atoms with E-state index in [1.807, 2.05) is 16.7 Å². The van der Waals surface area contributed by atoms with Gasteiger partial charge < -0.3 is 20.3 Å². The van der Waals surface area contributed by atoms with E-state index in [-0.39, 0.29) is 60.3 Å². The maximum absolute atomic E-state index is 15.5. The number of nitrogens with zero attached hydrogens (tertiary/aromatic N) is 5. The van der Waals surface area contributed by atoms with Crippen LogP contribution in [0.5, 0.6) is 0 Å². The fourth-order valence-electron chi connectivity index (χ4n) is 8.14. The molecule has 4 amide bonds. The first-order valence-corrected chi connectivity index (χ1v) is 19.4. The molecular formula is C39H46F4N8O5S. The van der Waals surface area contributed by atoms with Gasteiger partial charge in [0.05, 0.1) is 42.1 Å². The first-order chi connectivity index (χ1) is 27.0. The molecule has 3 heterocycles. The third-order valence-electron chi connectivity index (χ3n) is 11.1. The third kappa shape index (κ3) is 9.38. The van der Waals surface area contributed by atoms with Crippen molar-refractivity contribution in [2.24, 2.45) is 0 Å². The molecular weight excluding hydrogens is 769 g/mol. The highest BCUT2D eigenvalue weighted by Gasteiger charge is 2.52. The average Bonchev–Trinajstić information content (AvgIpc) is 3.32. The Labute approximate surface area is 333 Å². The highest BCUT2D eigenvalue weighted by molar-refractivity contribution is 7.80. The van der Waals surface area contributed by atoms with Crippen molar-refractivity contribution in [2.45, 2.75) is 102 Å². The average molecular weight is 815 g/mol. The van der Waals surface area contributed by atoms with Crippen LogP contribution < -0.4 is 20.9 Å². The van der Waals surface area contributed by atoms with E-state index >= 15 is 4.39 Å². The second-order valence-electron chi connectivity index (χ2n) is 15.5. The minimum Gasteiger partial charge on any atom is -0.377 e. The molecule has 4 fully saturated rings. The molecule has 0 radical (unpaired) electrons. The van der Waals surface area contributed by atoms with Crippen LogP contribution in [0, 0.1) is 11.3 Å². The number of nitriles is 1. The van der Waals surface area contributed by atoms with Gasteiger partial charge in [-0.1, -0.05) is 6.07 Å². The van der Waals surface area contributed by atoms with E-state index in [4.69, 9.17) is 17.0 Å². The van der Waals surface area contributed by atoms with Crippen molar-refractivity contribution in [1.82, 2.24) is 20.0 Å². The standard InChI is InChI=1S/C39H46F4N8O5S/c1-23-20-48(21-32(40)49(23)22-34(53)46-26-6-4-5-25(17-26)45-31-13-14-33(52)47-35(31)54)15-16-56-29-11-9-27(10-12-29)51-37(57)50(36(55)38(51,2)3)28-8-7-24(19-44)30(18-28)39(41,42)43/h4-8,17-18,23,27,29,31-32,45H,9-16,20-22H2,1-3H3,(H,46,53)(H,47,52,54)/t23-,27-,29-,31?,32-/m0/s1. The molecule has 6 rings (SSSR count). The van der Waals surface area contributed by atoms with Gasteiger partial charge in [-0.2, -0.15) is 18.4 Å². The van der Waals surface area contributed by atoms with Crippen LogP contribution in [0.3, 0.4) is 0 Å². The van der Waals surface area contributed by atoms with Crippen LogP contribution in [-0.4, -0.2) is 112 Å². The lowest BCUT2D eigenvalue weighted by molar-refractivity contribution is -0.138.